The predicted octanol–water partition coefficient (Wildman–Crippen LogP) is 3.95. The number of methoxy groups -OCH3 is 1. The van der Waals surface area contributed by atoms with Crippen LogP contribution in [0.15, 0.2) is 41.6 Å². The molecule has 29 heavy (non-hydrogen) atoms. The SMILES string of the molecule is COc1ccc(-c2nnc(SCC(O)COc3c(C)ccc(C)c3C)n2C)cc1. The van der Waals surface area contributed by atoms with Gasteiger partial charge in [-0.05, 0) is 61.7 Å². The second-order valence-electron chi connectivity index (χ2n) is 7.02. The van der Waals surface area contributed by atoms with E-state index >= 15 is 0 Å². The van der Waals surface area contributed by atoms with Crippen LogP contribution in [-0.4, -0.2) is 45.4 Å². The number of hydrogen-bond acceptors (Lipinski definition) is 6. The molecule has 0 radical (unpaired) electrons. The van der Waals surface area contributed by atoms with Gasteiger partial charge in [-0.3, -0.25) is 0 Å². The van der Waals surface area contributed by atoms with Gasteiger partial charge in [0.2, 0.25) is 0 Å². The van der Waals surface area contributed by atoms with Crippen LogP contribution in [0, 0.1) is 20.8 Å². The first-order valence-electron chi connectivity index (χ1n) is 9.45. The second kappa shape index (κ2) is 9.33. The molecule has 0 aliphatic rings. The summed E-state index contributed by atoms with van der Waals surface area (Å²) in [5.74, 6) is 2.90. The molecule has 0 aliphatic heterocycles. The highest BCUT2D eigenvalue weighted by molar-refractivity contribution is 7.99. The molecule has 0 aliphatic carbocycles. The van der Waals surface area contributed by atoms with Gasteiger partial charge in [-0.15, -0.1) is 10.2 Å². The maximum atomic E-state index is 10.4. The van der Waals surface area contributed by atoms with Gasteiger partial charge in [0.1, 0.15) is 18.1 Å². The first-order chi connectivity index (χ1) is 13.9. The Morgan fingerprint density at radius 2 is 1.72 bits per heavy atom. The van der Waals surface area contributed by atoms with Crippen molar-refractivity contribution >= 4 is 11.8 Å². The minimum Gasteiger partial charge on any atom is -0.497 e. The van der Waals surface area contributed by atoms with Gasteiger partial charge in [0.25, 0.3) is 0 Å². The average Bonchev–Trinajstić information content (AvgIpc) is 3.09. The van der Waals surface area contributed by atoms with Crippen LogP contribution < -0.4 is 9.47 Å². The molecule has 6 nitrogen and oxygen atoms in total. The van der Waals surface area contributed by atoms with Crippen LogP contribution >= 0.6 is 11.8 Å². The van der Waals surface area contributed by atoms with Crippen molar-refractivity contribution in [3.8, 4) is 22.9 Å². The van der Waals surface area contributed by atoms with E-state index in [9.17, 15) is 5.11 Å². The molecule has 1 unspecified atom stereocenters. The lowest BCUT2D eigenvalue weighted by Crippen LogP contribution is -2.21. The molecule has 1 heterocycles. The quantitative estimate of drug-likeness (QED) is 0.564. The summed E-state index contributed by atoms with van der Waals surface area (Å²) in [5.41, 5.74) is 4.33. The molecule has 7 heteroatoms. The highest BCUT2D eigenvalue weighted by Gasteiger charge is 2.15. The van der Waals surface area contributed by atoms with E-state index < -0.39 is 6.10 Å². The average molecular weight is 414 g/mol. The molecular formula is C22H27N3O3S. The number of benzene rings is 2. The molecule has 154 valence electrons. The van der Waals surface area contributed by atoms with Crippen molar-refractivity contribution in [3.05, 3.63) is 53.1 Å². The number of aliphatic hydroxyl groups excluding tert-OH is 1. The fraction of sp³-hybridized carbons (Fsp3) is 0.364. The Morgan fingerprint density at radius 1 is 1.03 bits per heavy atom. The predicted molar refractivity (Wildman–Crippen MR) is 116 cm³/mol. The van der Waals surface area contributed by atoms with Gasteiger partial charge in [-0.1, -0.05) is 23.9 Å². The Kier molecular flexibility index (Phi) is 6.82. The molecule has 0 saturated carbocycles. The van der Waals surface area contributed by atoms with Gasteiger partial charge < -0.3 is 19.1 Å². The van der Waals surface area contributed by atoms with Crippen molar-refractivity contribution in [2.24, 2.45) is 7.05 Å². The molecule has 3 rings (SSSR count). The van der Waals surface area contributed by atoms with Crippen molar-refractivity contribution in [1.29, 1.82) is 0 Å². The van der Waals surface area contributed by atoms with Gasteiger partial charge in [0.05, 0.1) is 13.2 Å². The minimum absolute atomic E-state index is 0.237. The highest BCUT2D eigenvalue weighted by Crippen LogP contribution is 2.27. The Morgan fingerprint density at radius 3 is 2.41 bits per heavy atom. The zero-order chi connectivity index (χ0) is 21.0. The van der Waals surface area contributed by atoms with Gasteiger partial charge in [-0.2, -0.15) is 0 Å². The molecule has 0 fully saturated rings. The summed E-state index contributed by atoms with van der Waals surface area (Å²) in [6.45, 7) is 6.35. The first-order valence-corrected chi connectivity index (χ1v) is 10.4. The Labute approximate surface area is 175 Å². The monoisotopic (exact) mass is 413 g/mol. The van der Waals surface area contributed by atoms with Crippen molar-refractivity contribution < 1.29 is 14.6 Å². The summed E-state index contributed by atoms with van der Waals surface area (Å²) in [6.07, 6.45) is -0.611. The minimum atomic E-state index is -0.611. The lowest BCUT2D eigenvalue weighted by Gasteiger charge is -2.16. The highest BCUT2D eigenvalue weighted by atomic mass is 32.2. The smallest absolute Gasteiger partial charge is 0.191 e. The van der Waals surface area contributed by atoms with E-state index in [0.717, 1.165) is 39.2 Å². The fourth-order valence-corrected chi connectivity index (χ4v) is 3.79. The summed E-state index contributed by atoms with van der Waals surface area (Å²) in [4.78, 5) is 0. The number of aryl methyl sites for hydroxylation is 2. The van der Waals surface area contributed by atoms with Crippen molar-refractivity contribution in [3.63, 3.8) is 0 Å². The van der Waals surface area contributed by atoms with E-state index in [1.165, 1.54) is 17.3 Å². The van der Waals surface area contributed by atoms with Gasteiger partial charge in [0, 0.05) is 18.4 Å². The van der Waals surface area contributed by atoms with Crippen molar-refractivity contribution in [2.45, 2.75) is 32.0 Å². The number of thioether (sulfide) groups is 1. The number of hydrogen-bond donors (Lipinski definition) is 1. The van der Waals surface area contributed by atoms with Crippen LogP contribution in [0.4, 0.5) is 0 Å². The van der Waals surface area contributed by atoms with Crippen LogP contribution in [0.1, 0.15) is 16.7 Å². The number of aromatic nitrogens is 3. The van der Waals surface area contributed by atoms with E-state index in [4.69, 9.17) is 9.47 Å². The topological polar surface area (TPSA) is 69.4 Å². The maximum absolute atomic E-state index is 10.4. The molecule has 1 N–H and O–H groups in total. The third-order valence-corrected chi connectivity index (χ3v) is 6.05. The molecule has 0 spiro atoms. The Hall–Kier alpha value is -2.51. The van der Waals surface area contributed by atoms with Crippen molar-refractivity contribution in [1.82, 2.24) is 14.8 Å². The number of nitrogens with zero attached hydrogens (tertiary/aromatic N) is 3. The van der Waals surface area contributed by atoms with Crippen LogP contribution in [0.25, 0.3) is 11.4 Å². The molecule has 1 aromatic heterocycles. The van der Waals surface area contributed by atoms with E-state index in [1.807, 2.05) is 55.8 Å². The maximum Gasteiger partial charge on any atom is 0.191 e. The molecule has 0 saturated heterocycles. The Balaban J connectivity index is 1.59. The molecule has 3 aromatic rings. The zero-order valence-electron chi connectivity index (χ0n) is 17.5. The van der Waals surface area contributed by atoms with Crippen LogP contribution in [0.2, 0.25) is 0 Å². The molecule has 0 amide bonds. The summed E-state index contributed by atoms with van der Waals surface area (Å²) >= 11 is 1.46. The summed E-state index contributed by atoms with van der Waals surface area (Å²) in [5, 5.41) is 19.7. The van der Waals surface area contributed by atoms with E-state index in [2.05, 4.69) is 23.2 Å². The lowest BCUT2D eigenvalue weighted by molar-refractivity contribution is 0.125. The molecule has 2 aromatic carbocycles. The lowest BCUT2D eigenvalue weighted by atomic mass is 10.1. The number of aliphatic hydroxyl groups is 1. The fourth-order valence-electron chi connectivity index (χ4n) is 2.98. The summed E-state index contributed by atoms with van der Waals surface area (Å²) < 4.78 is 13.0. The molecule has 0 bridgehead atoms. The first kappa shape index (κ1) is 21.2. The van der Waals surface area contributed by atoms with E-state index in [1.54, 1.807) is 7.11 Å². The third kappa shape index (κ3) is 4.92. The zero-order valence-corrected chi connectivity index (χ0v) is 18.3. The van der Waals surface area contributed by atoms with E-state index in [-0.39, 0.29) is 6.61 Å². The Bertz CT molecular complexity index is 970. The number of rotatable bonds is 8. The van der Waals surface area contributed by atoms with Gasteiger partial charge >= 0.3 is 0 Å². The normalized spacial score (nSPS) is 12.1. The third-order valence-electron chi connectivity index (χ3n) is 4.88. The largest absolute Gasteiger partial charge is 0.497 e. The second-order valence-corrected chi connectivity index (χ2v) is 8.01. The summed E-state index contributed by atoms with van der Waals surface area (Å²) in [6, 6.07) is 11.8. The molecular weight excluding hydrogens is 386 g/mol. The molecule has 1 atom stereocenters. The van der Waals surface area contributed by atoms with Crippen LogP contribution in [0.5, 0.6) is 11.5 Å². The van der Waals surface area contributed by atoms with Crippen molar-refractivity contribution in [2.75, 3.05) is 19.5 Å². The van der Waals surface area contributed by atoms with Gasteiger partial charge in [0.15, 0.2) is 11.0 Å². The standard InChI is InChI=1S/C22H27N3O3S/c1-14-6-7-15(2)20(16(14)3)28-12-18(26)13-29-22-24-23-21(25(22)4)17-8-10-19(27-5)11-9-17/h6-11,18,26H,12-13H2,1-5H3. The van der Waals surface area contributed by atoms with Crippen LogP contribution in [0.3, 0.4) is 0 Å². The number of ether oxygens (including phenoxy) is 2. The summed E-state index contributed by atoms with van der Waals surface area (Å²) in [7, 11) is 3.56. The van der Waals surface area contributed by atoms with E-state index in [0.29, 0.717) is 5.75 Å². The van der Waals surface area contributed by atoms with Crippen LogP contribution in [-0.2, 0) is 7.05 Å². The van der Waals surface area contributed by atoms with Gasteiger partial charge in [-0.25, -0.2) is 0 Å².